The maximum Gasteiger partial charge on any atom is 0.306 e. The molecule has 1 aromatic heterocycles. The second-order valence-corrected chi connectivity index (χ2v) is 6.30. The van der Waals surface area contributed by atoms with E-state index in [9.17, 15) is 4.79 Å². The zero-order chi connectivity index (χ0) is 14.0. The second-order valence-electron chi connectivity index (χ2n) is 6.30. The normalized spacial score (nSPS) is 22.9. The number of hydrogen-bond acceptors (Lipinski definition) is 3. The van der Waals surface area contributed by atoms with Crippen LogP contribution in [0.15, 0.2) is 24.5 Å². The Morgan fingerprint density at radius 3 is 2.30 bits per heavy atom. The van der Waals surface area contributed by atoms with Gasteiger partial charge in [0.2, 0.25) is 0 Å². The lowest BCUT2D eigenvalue weighted by Gasteiger charge is -2.46. The van der Waals surface area contributed by atoms with Gasteiger partial charge in [0.15, 0.2) is 0 Å². The van der Waals surface area contributed by atoms with Gasteiger partial charge in [0.1, 0.15) is 0 Å². The SMILES string of the molecule is O=C(O)C1CCC2(CC1)CCN(c1ccncc1)CC2. The third kappa shape index (κ3) is 2.65. The molecule has 1 aliphatic heterocycles. The second kappa shape index (κ2) is 5.43. The Hall–Kier alpha value is -1.58. The van der Waals surface area contributed by atoms with Gasteiger partial charge >= 0.3 is 5.97 Å². The molecule has 20 heavy (non-hydrogen) atoms. The van der Waals surface area contributed by atoms with Crippen molar-refractivity contribution >= 4 is 11.7 Å². The van der Waals surface area contributed by atoms with Crippen LogP contribution in [0.3, 0.4) is 0 Å². The molecule has 0 bridgehead atoms. The summed E-state index contributed by atoms with van der Waals surface area (Å²) < 4.78 is 0. The first-order valence-corrected chi connectivity index (χ1v) is 7.56. The molecule has 2 fully saturated rings. The largest absolute Gasteiger partial charge is 0.481 e. The molecule has 1 saturated heterocycles. The van der Waals surface area contributed by atoms with Crippen molar-refractivity contribution in [2.24, 2.45) is 11.3 Å². The lowest BCUT2D eigenvalue weighted by Crippen LogP contribution is -2.42. The topological polar surface area (TPSA) is 53.4 Å². The number of piperidine rings is 1. The third-order valence-electron chi connectivity index (χ3n) is 5.25. The monoisotopic (exact) mass is 274 g/mol. The summed E-state index contributed by atoms with van der Waals surface area (Å²) >= 11 is 0. The lowest BCUT2D eigenvalue weighted by molar-refractivity contribution is -0.143. The summed E-state index contributed by atoms with van der Waals surface area (Å²) in [6.07, 6.45) is 10.00. The smallest absolute Gasteiger partial charge is 0.306 e. The number of carboxylic acid groups (broad SMARTS) is 1. The summed E-state index contributed by atoms with van der Waals surface area (Å²) in [5.74, 6) is -0.701. The highest BCUT2D eigenvalue weighted by molar-refractivity contribution is 5.70. The van der Waals surface area contributed by atoms with Crippen LogP contribution in [0.1, 0.15) is 38.5 Å². The molecule has 1 saturated carbocycles. The van der Waals surface area contributed by atoms with Crippen LogP contribution >= 0.6 is 0 Å². The van der Waals surface area contributed by atoms with Crippen LogP contribution in [0, 0.1) is 11.3 Å². The molecule has 2 aliphatic rings. The average Bonchev–Trinajstić information content (AvgIpc) is 2.49. The summed E-state index contributed by atoms with van der Waals surface area (Å²) in [7, 11) is 0. The summed E-state index contributed by atoms with van der Waals surface area (Å²) in [4.78, 5) is 17.5. The molecule has 0 unspecified atom stereocenters. The first kappa shape index (κ1) is 13.4. The van der Waals surface area contributed by atoms with Gasteiger partial charge in [-0.25, -0.2) is 0 Å². The van der Waals surface area contributed by atoms with Gasteiger partial charge in [-0.1, -0.05) is 0 Å². The predicted molar refractivity (Wildman–Crippen MR) is 77.7 cm³/mol. The van der Waals surface area contributed by atoms with Gasteiger partial charge in [-0.15, -0.1) is 0 Å². The van der Waals surface area contributed by atoms with E-state index in [-0.39, 0.29) is 5.92 Å². The fourth-order valence-electron chi connectivity index (χ4n) is 3.77. The molecule has 1 aromatic rings. The van der Waals surface area contributed by atoms with Gasteiger partial charge in [-0.05, 0) is 56.1 Å². The summed E-state index contributed by atoms with van der Waals surface area (Å²) in [6, 6.07) is 4.14. The van der Waals surface area contributed by atoms with Gasteiger partial charge < -0.3 is 10.0 Å². The number of pyridine rings is 1. The Morgan fingerprint density at radius 2 is 1.75 bits per heavy atom. The van der Waals surface area contributed by atoms with E-state index >= 15 is 0 Å². The number of aromatic nitrogens is 1. The van der Waals surface area contributed by atoms with Crippen molar-refractivity contribution in [2.45, 2.75) is 38.5 Å². The standard InChI is InChI=1S/C16H22N2O2/c19-15(20)13-1-5-16(6-2-13)7-11-18(12-8-16)14-3-9-17-10-4-14/h3-4,9-10,13H,1-2,5-8,11-12H2,(H,19,20). The molecule has 0 atom stereocenters. The van der Waals surface area contributed by atoms with E-state index in [4.69, 9.17) is 5.11 Å². The molecule has 4 heteroatoms. The summed E-state index contributed by atoms with van der Waals surface area (Å²) in [5.41, 5.74) is 1.67. The Morgan fingerprint density at radius 1 is 1.15 bits per heavy atom. The van der Waals surface area contributed by atoms with Crippen LogP contribution < -0.4 is 4.90 Å². The highest BCUT2D eigenvalue weighted by atomic mass is 16.4. The summed E-state index contributed by atoms with van der Waals surface area (Å²) in [5, 5.41) is 9.10. The molecule has 1 aliphatic carbocycles. The minimum Gasteiger partial charge on any atom is -0.481 e. The first-order valence-electron chi connectivity index (χ1n) is 7.56. The maximum absolute atomic E-state index is 11.0. The van der Waals surface area contributed by atoms with E-state index < -0.39 is 5.97 Å². The number of carbonyl (C=O) groups is 1. The molecular formula is C16H22N2O2. The van der Waals surface area contributed by atoms with Gasteiger partial charge in [0.05, 0.1) is 5.92 Å². The molecule has 0 aromatic carbocycles. The van der Waals surface area contributed by atoms with Crippen LogP contribution in [0.25, 0.3) is 0 Å². The van der Waals surface area contributed by atoms with Crippen LogP contribution in [0.4, 0.5) is 5.69 Å². The van der Waals surface area contributed by atoms with Crippen LogP contribution in [-0.2, 0) is 4.79 Å². The predicted octanol–water partition coefficient (Wildman–Crippen LogP) is 2.94. The molecule has 0 radical (unpaired) electrons. The maximum atomic E-state index is 11.0. The summed E-state index contributed by atoms with van der Waals surface area (Å²) in [6.45, 7) is 2.17. The Bertz CT molecular complexity index is 457. The Balaban J connectivity index is 1.58. The fourth-order valence-corrected chi connectivity index (χ4v) is 3.77. The molecule has 4 nitrogen and oxygen atoms in total. The number of hydrogen-bond donors (Lipinski definition) is 1. The number of rotatable bonds is 2. The van der Waals surface area contributed by atoms with Crippen LogP contribution in [0.2, 0.25) is 0 Å². The van der Waals surface area contributed by atoms with E-state index in [1.807, 2.05) is 12.4 Å². The molecular weight excluding hydrogens is 252 g/mol. The van der Waals surface area contributed by atoms with Gasteiger partial charge in [-0.2, -0.15) is 0 Å². The van der Waals surface area contributed by atoms with E-state index in [0.29, 0.717) is 5.41 Å². The Labute approximate surface area is 119 Å². The quantitative estimate of drug-likeness (QED) is 0.901. The molecule has 0 amide bonds. The fraction of sp³-hybridized carbons (Fsp3) is 0.625. The number of anilines is 1. The van der Waals surface area contributed by atoms with Crippen molar-refractivity contribution in [3.8, 4) is 0 Å². The molecule has 3 rings (SSSR count). The van der Waals surface area contributed by atoms with Crippen molar-refractivity contribution in [1.82, 2.24) is 4.98 Å². The molecule has 108 valence electrons. The molecule has 2 heterocycles. The minimum absolute atomic E-state index is 0.0983. The van der Waals surface area contributed by atoms with Gasteiger partial charge in [-0.3, -0.25) is 9.78 Å². The first-order chi connectivity index (χ1) is 9.69. The van der Waals surface area contributed by atoms with E-state index in [1.165, 1.54) is 18.5 Å². The van der Waals surface area contributed by atoms with E-state index in [0.717, 1.165) is 38.8 Å². The average molecular weight is 274 g/mol. The molecule has 1 spiro atoms. The third-order valence-corrected chi connectivity index (χ3v) is 5.25. The van der Waals surface area contributed by atoms with Crippen molar-refractivity contribution < 1.29 is 9.90 Å². The Kier molecular flexibility index (Phi) is 3.64. The van der Waals surface area contributed by atoms with Crippen LogP contribution in [-0.4, -0.2) is 29.1 Å². The highest BCUT2D eigenvalue weighted by Gasteiger charge is 2.39. The zero-order valence-corrected chi connectivity index (χ0v) is 11.8. The van der Waals surface area contributed by atoms with Crippen LogP contribution in [0.5, 0.6) is 0 Å². The van der Waals surface area contributed by atoms with Gasteiger partial charge in [0, 0.05) is 31.2 Å². The number of aliphatic carboxylic acids is 1. The van der Waals surface area contributed by atoms with Crippen molar-refractivity contribution in [3.63, 3.8) is 0 Å². The van der Waals surface area contributed by atoms with E-state index in [1.54, 1.807) is 0 Å². The van der Waals surface area contributed by atoms with Gasteiger partial charge in [0.25, 0.3) is 0 Å². The number of nitrogens with zero attached hydrogens (tertiary/aromatic N) is 2. The van der Waals surface area contributed by atoms with E-state index in [2.05, 4.69) is 22.0 Å². The number of carboxylic acids is 1. The van der Waals surface area contributed by atoms with Crippen molar-refractivity contribution in [1.29, 1.82) is 0 Å². The van der Waals surface area contributed by atoms with Crippen molar-refractivity contribution in [2.75, 3.05) is 18.0 Å². The van der Waals surface area contributed by atoms with Crippen molar-refractivity contribution in [3.05, 3.63) is 24.5 Å². The highest BCUT2D eigenvalue weighted by Crippen LogP contribution is 2.46. The lowest BCUT2D eigenvalue weighted by atomic mass is 9.65. The molecule has 1 N–H and O–H groups in total. The zero-order valence-electron chi connectivity index (χ0n) is 11.8. The minimum atomic E-state index is -0.603.